The number of carbonyl (C=O) groups excluding carboxylic acids is 1. The maximum absolute atomic E-state index is 12.8. The van der Waals surface area contributed by atoms with E-state index in [9.17, 15) is 23.1 Å². The molecule has 1 aliphatic heterocycles. The lowest BCUT2D eigenvalue weighted by molar-refractivity contribution is -0.146. The van der Waals surface area contributed by atoms with Crippen LogP contribution in [0.4, 0.5) is 0 Å². The molecule has 1 fully saturated rings. The van der Waals surface area contributed by atoms with E-state index < -0.39 is 22.5 Å². The van der Waals surface area contributed by atoms with E-state index in [4.69, 9.17) is 4.52 Å². The summed E-state index contributed by atoms with van der Waals surface area (Å²) >= 11 is 0. The van der Waals surface area contributed by atoms with Crippen LogP contribution in [0.5, 0.6) is 0 Å². The van der Waals surface area contributed by atoms with Crippen LogP contribution in [0.25, 0.3) is 11.0 Å². The van der Waals surface area contributed by atoms with Crippen LogP contribution in [-0.4, -0.2) is 71.7 Å². The number of aromatic nitrogens is 1. The zero-order valence-corrected chi connectivity index (χ0v) is 15.7. The van der Waals surface area contributed by atoms with E-state index in [2.05, 4.69) is 5.16 Å². The van der Waals surface area contributed by atoms with Gasteiger partial charge in [0.25, 0.3) is 0 Å². The van der Waals surface area contributed by atoms with Crippen molar-refractivity contribution in [2.75, 3.05) is 25.9 Å². The lowest BCUT2D eigenvalue weighted by Gasteiger charge is -2.36. The van der Waals surface area contributed by atoms with E-state index in [0.717, 1.165) is 6.26 Å². The minimum atomic E-state index is -3.29. The molecule has 1 saturated heterocycles. The van der Waals surface area contributed by atoms with Crippen molar-refractivity contribution in [1.82, 2.24) is 14.4 Å². The molecule has 2 aromatic rings. The van der Waals surface area contributed by atoms with Gasteiger partial charge in [-0.25, -0.2) is 12.7 Å². The first-order valence-electron chi connectivity index (χ1n) is 8.55. The van der Waals surface area contributed by atoms with E-state index >= 15 is 0 Å². The van der Waals surface area contributed by atoms with Gasteiger partial charge in [-0.1, -0.05) is 17.3 Å². The molecule has 1 aromatic heterocycles. The summed E-state index contributed by atoms with van der Waals surface area (Å²) in [5.41, 5.74) is 1.02. The standard InChI is InChI=1S/C17H21N3O6S/c1-27(24,25)19-8-6-12(7-9-19)20(11-17(22)23)16(21)10-14-13-4-2-3-5-15(13)26-18-14/h2-5,12H,6-11H2,1H3,(H,22,23). The number of nitrogens with zero attached hydrogens (tertiary/aromatic N) is 3. The molecule has 1 aromatic carbocycles. The van der Waals surface area contributed by atoms with E-state index in [1.165, 1.54) is 9.21 Å². The molecule has 2 heterocycles. The van der Waals surface area contributed by atoms with E-state index in [0.29, 0.717) is 29.5 Å². The molecule has 1 amide bonds. The van der Waals surface area contributed by atoms with Crippen molar-refractivity contribution >= 4 is 32.9 Å². The number of carbonyl (C=O) groups is 2. The molecule has 0 spiro atoms. The molecule has 1 N–H and O–H groups in total. The first kappa shape index (κ1) is 19.3. The molecule has 27 heavy (non-hydrogen) atoms. The molecule has 0 radical (unpaired) electrons. The Hall–Kier alpha value is -2.46. The number of benzene rings is 1. The number of carboxylic acids is 1. The fraction of sp³-hybridized carbons (Fsp3) is 0.471. The number of hydrogen-bond donors (Lipinski definition) is 1. The molecular weight excluding hydrogens is 374 g/mol. The summed E-state index contributed by atoms with van der Waals surface area (Å²) in [5, 5.41) is 13.9. The van der Waals surface area contributed by atoms with Crippen LogP contribution in [-0.2, 0) is 26.0 Å². The highest BCUT2D eigenvalue weighted by Gasteiger charge is 2.32. The Morgan fingerprint density at radius 1 is 1.30 bits per heavy atom. The van der Waals surface area contributed by atoms with Gasteiger partial charge in [0.1, 0.15) is 12.2 Å². The van der Waals surface area contributed by atoms with E-state index in [-0.39, 0.29) is 31.5 Å². The maximum atomic E-state index is 12.8. The minimum Gasteiger partial charge on any atom is -0.480 e. The van der Waals surface area contributed by atoms with Crippen LogP contribution in [0.15, 0.2) is 28.8 Å². The van der Waals surface area contributed by atoms with E-state index in [1.54, 1.807) is 18.2 Å². The fourth-order valence-corrected chi connectivity index (χ4v) is 4.24. The molecule has 0 aliphatic carbocycles. The second-order valence-corrected chi connectivity index (χ2v) is 8.59. The molecule has 0 unspecified atom stereocenters. The molecule has 0 bridgehead atoms. The average molecular weight is 395 g/mol. The monoisotopic (exact) mass is 395 g/mol. The third kappa shape index (κ3) is 4.45. The van der Waals surface area contributed by atoms with Crippen molar-refractivity contribution in [3.63, 3.8) is 0 Å². The number of fused-ring (bicyclic) bond motifs is 1. The van der Waals surface area contributed by atoms with Crippen molar-refractivity contribution in [3.8, 4) is 0 Å². The highest BCUT2D eigenvalue weighted by Crippen LogP contribution is 2.22. The van der Waals surface area contributed by atoms with Gasteiger partial charge >= 0.3 is 5.97 Å². The quantitative estimate of drug-likeness (QED) is 0.764. The smallest absolute Gasteiger partial charge is 0.323 e. The summed E-state index contributed by atoms with van der Waals surface area (Å²) in [4.78, 5) is 25.4. The first-order chi connectivity index (χ1) is 12.8. The Bertz CT molecular complexity index is 946. The van der Waals surface area contributed by atoms with Crippen LogP contribution in [0, 0.1) is 0 Å². The van der Waals surface area contributed by atoms with Crippen molar-refractivity contribution < 1.29 is 27.6 Å². The predicted octanol–water partition coefficient (Wildman–Crippen LogP) is 0.708. The topological polar surface area (TPSA) is 121 Å². The first-order valence-corrected chi connectivity index (χ1v) is 10.4. The normalized spacial score (nSPS) is 16.5. The van der Waals surface area contributed by atoms with E-state index in [1.807, 2.05) is 6.07 Å². The molecule has 146 valence electrons. The second-order valence-electron chi connectivity index (χ2n) is 6.61. The SMILES string of the molecule is CS(=O)(=O)N1CCC(N(CC(=O)O)C(=O)Cc2noc3ccccc23)CC1. The van der Waals surface area contributed by atoms with Gasteiger partial charge in [-0.05, 0) is 25.0 Å². The van der Waals surface area contributed by atoms with Crippen molar-refractivity contribution in [3.05, 3.63) is 30.0 Å². The number of para-hydroxylation sites is 1. The van der Waals surface area contributed by atoms with Crippen LogP contribution in [0.3, 0.4) is 0 Å². The Kier molecular flexibility index (Phi) is 5.47. The lowest BCUT2D eigenvalue weighted by atomic mass is 10.0. The molecule has 3 rings (SSSR count). The molecular formula is C17H21N3O6S. The summed E-state index contributed by atoms with van der Waals surface area (Å²) in [6.07, 6.45) is 1.86. The van der Waals surface area contributed by atoms with Crippen LogP contribution < -0.4 is 0 Å². The van der Waals surface area contributed by atoms with Crippen molar-refractivity contribution in [2.24, 2.45) is 0 Å². The lowest BCUT2D eigenvalue weighted by Crippen LogP contribution is -2.50. The summed E-state index contributed by atoms with van der Waals surface area (Å²) in [6, 6.07) is 6.81. The Morgan fingerprint density at radius 3 is 2.59 bits per heavy atom. The Morgan fingerprint density at radius 2 is 1.96 bits per heavy atom. The van der Waals surface area contributed by atoms with Gasteiger partial charge in [-0.15, -0.1) is 0 Å². The van der Waals surface area contributed by atoms with Crippen molar-refractivity contribution in [2.45, 2.75) is 25.3 Å². The van der Waals surface area contributed by atoms with Gasteiger partial charge in [-0.3, -0.25) is 9.59 Å². The summed E-state index contributed by atoms with van der Waals surface area (Å²) < 4.78 is 29.8. The highest BCUT2D eigenvalue weighted by atomic mass is 32.2. The van der Waals surface area contributed by atoms with Gasteiger partial charge in [-0.2, -0.15) is 0 Å². The molecule has 0 saturated carbocycles. The molecule has 1 aliphatic rings. The second kappa shape index (κ2) is 7.65. The highest BCUT2D eigenvalue weighted by molar-refractivity contribution is 7.88. The molecule has 9 nitrogen and oxygen atoms in total. The number of sulfonamides is 1. The van der Waals surface area contributed by atoms with Gasteiger partial charge in [0.2, 0.25) is 15.9 Å². The number of piperidine rings is 1. The average Bonchev–Trinajstić information content (AvgIpc) is 3.02. The third-order valence-corrected chi connectivity index (χ3v) is 6.03. The van der Waals surface area contributed by atoms with Crippen molar-refractivity contribution in [1.29, 1.82) is 0 Å². The fourth-order valence-electron chi connectivity index (χ4n) is 3.36. The molecule has 0 atom stereocenters. The number of rotatable bonds is 6. The van der Waals surface area contributed by atoms with Gasteiger partial charge in [0, 0.05) is 24.5 Å². The zero-order valence-electron chi connectivity index (χ0n) is 14.9. The number of carboxylic acid groups (broad SMARTS) is 1. The Balaban J connectivity index is 1.74. The minimum absolute atomic E-state index is 0.0728. The number of hydrogen-bond acceptors (Lipinski definition) is 6. The zero-order chi connectivity index (χ0) is 19.6. The number of aliphatic carboxylic acids is 1. The van der Waals surface area contributed by atoms with Gasteiger partial charge in [0.15, 0.2) is 5.58 Å². The largest absolute Gasteiger partial charge is 0.480 e. The maximum Gasteiger partial charge on any atom is 0.323 e. The van der Waals surface area contributed by atoms with Crippen LogP contribution in [0.2, 0.25) is 0 Å². The van der Waals surface area contributed by atoms with Crippen LogP contribution >= 0.6 is 0 Å². The van der Waals surface area contributed by atoms with Gasteiger partial charge < -0.3 is 14.5 Å². The molecule has 10 heteroatoms. The third-order valence-electron chi connectivity index (χ3n) is 4.73. The summed E-state index contributed by atoms with van der Waals surface area (Å²) in [5.74, 6) is -1.48. The number of amides is 1. The Labute approximate surface area is 156 Å². The van der Waals surface area contributed by atoms with Crippen LogP contribution in [0.1, 0.15) is 18.5 Å². The predicted molar refractivity (Wildman–Crippen MR) is 96.5 cm³/mol. The van der Waals surface area contributed by atoms with Gasteiger partial charge in [0.05, 0.1) is 12.7 Å². The summed E-state index contributed by atoms with van der Waals surface area (Å²) in [6.45, 7) is 0.0950. The summed E-state index contributed by atoms with van der Waals surface area (Å²) in [7, 11) is -3.29.